The Hall–Kier alpha value is -3.04. The first-order valence-electron chi connectivity index (χ1n) is 12.3. The molecule has 1 aliphatic rings. The SMILES string of the molecule is CC/C(=C(/c1ccc(O)cc1)c1ccc(OCCN2CCCCCC2)cc1)c1ccccc1. The lowest BCUT2D eigenvalue weighted by Crippen LogP contribution is -2.29. The van der Waals surface area contributed by atoms with Gasteiger partial charge < -0.3 is 9.84 Å². The summed E-state index contributed by atoms with van der Waals surface area (Å²) in [6.07, 6.45) is 6.25. The van der Waals surface area contributed by atoms with Crippen LogP contribution in [0.1, 0.15) is 55.7 Å². The molecule has 33 heavy (non-hydrogen) atoms. The summed E-state index contributed by atoms with van der Waals surface area (Å²) < 4.78 is 6.09. The van der Waals surface area contributed by atoms with E-state index in [1.807, 2.05) is 12.1 Å². The molecule has 0 bridgehead atoms. The van der Waals surface area contributed by atoms with Gasteiger partial charge in [-0.15, -0.1) is 0 Å². The van der Waals surface area contributed by atoms with Crippen LogP contribution in [0.5, 0.6) is 11.5 Å². The Morgan fingerprint density at radius 2 is 1.36 bits per heavy atom. The van der Waals surface area contributed by atoms with E-state index in [9.17, 15) is 5.11 Å². The monoisotopic (exact) mass is 441 g/mol. The minimum atomic E-state index is 0.281. The molecule has 0 spiro atoms. The fraction of sp³-hybridized carbons (Fsp3) is 0.333. The lowest BCUT2D eigenvalue weighted by Gasteiger charge is -2.20. The molecule has 1 fully saturated rings. The number of phenolic OH excluding ortho intramolecular Hbond substituents is 1. The molecule has 3 nitrogen and oxygen atoms in total. The van der Waals surface area contributed by atoms with E-state index in [2.05, 4.69) is 66.4 Å². The number of allylic oxidation sites excluding steroid dienone is 1. The Morgan fingerprint density at radius 3 is 1.97 bits per heavy atom. The fourth-order valence-corrected chi connectivity index (χ4v) is 4.68. The first-order chi connectivity index (χ1) is 16.2. The third kappa shape index (κ3) is 6.27. The quantitative estimate of drug-likeness (QED) is 0.381. The van der Waals surface area contributed by atoms with Crippen LogP contribution in [0.4, 0.5) is 0 Å². The Kier molecular flexibility index (Phi) is 8.21. The number of rotatable bonds is 8. The molecule has 0 unspecified atom stereocenters. The van der Waals surface area contributed by atoms with E-state index >= 15 is 0 Å². The Balaban J connectivity index is 1.56. The largest absolute Gasteiger partial charge is 0.508 e. The normalized spacial score (nSPS) is 15.5. The molecule has 1 N–H and O–H groups in total. The van der Waals surface area contributed by atoms with Crippen LogP contribution in [-0.4, -0.2) is 36.2 Å². The highest BCUT2D eigenvalue weighted by molar-refractivity contribution is 5.98. The molecular formula is C30H35NO2. The molecule has 1 heterocycles. The topological polar surface area (TPSA) is 32.7 Å². The zero-order chi connectivity index (χ0) is 22.9. The summed E-state index contributed by atoms with van der Waals surface area (Å²) in [4.78, 5) is 2.53. The molecule has 4 rings (SSSR count). The molecule has 172 valence electrons. The van der Waals surface area contributed by atoms with Gasteiger partial charge in [-0.05, 0) is 84.5 Å². The van der Waals surface area contributed by atoms with Crippen LogP contribution in [0.25, 0.3) is 11.1 Å². The van der Waals surface area contributed by atoms with Crippen molar-refractivity contribution in [2.24, 2.45) is 0 Å². The zero-order valence-electron chi connectivity index (χ0n) is 19.7. The summed E-state index contributed by atoms with van der Waals surface area (Å²) in [5.74, 6) is 1.19. The maximum atomic E-state index is 9.81. The van der Waals surface area contributed by atoms with Gasteiger partial charge in [-0.25, -0.2) is 0 Å². The molecule has 0 aromatic heterocycles. The van der Waals surface area contributed by atoms with Crippen LogP contribution in [0.3, 0.4) is 0 Å². The van der Waals surface area contributed by atoms with Crippen molar-refractivity contribution in [1.82, 2.24) is 4.90 Å². The van der Waals surface area contributed by atoms with Gasteiger partial charge in [0.15, 0.2) is 0 Å². The van der Waals surface area contributed by atoms with Gasteiger partial charge in [0.05, 0.1) is 0 Å². The number of hydrogen-bond acceptors (Lipinski definition) is 3. The van der Waals surface area contributed by atoms with Gasteiger partial charge >= 0.3 is 0 Å². The van der Waals surface area contributed by atoms with Gasteiger partial charge in [0, 0.05) is 6.54 Å². The van der Waals surface area contributed by atoms with Crippen molar-refractivity contribution < 1.29 is 9.84 Å². The highest BCUT2D eigenvalue weighted by Gasteiger charge is 2.14. The van der Waals surface area contributed by atoms with Gasteiger partial charge in [-0.1, -0.05) is 74.4 Å². The van der Waals surface area contributed by atoms with E-state index in [4.69, 9.17) is 4.74 Å². The maximum Gasteiger partial charge on any atom is 0.119 e. The van der Waals surface area contributed by atoms with Crippen LogP contribution in [-0.2, 0) is 0 Å². The molecule has 3 aromatic rings. The highest BCUT2D eigenvalue weighted by atomic mass is 16.5. The molecule has 3 aromatic carbocycles. The molecule has 0 amide bonds. The van der Waals surface area contributed by atoms with E-state index in [1.54, 1.807) is 12.1 Å². The average molecular weight is 442 g/mol. The number of phenols is 1. The Morgan fingerprint density at radius 1 is 0.758 bits per heavy atom. The summed E-state index contributed by atoms with van der Waals surface area (Å²) >= 11 is 0. The molecule has 0 saturated carbocycles. The first kappa shape index (κ1) is 23.1. The van der Waals surface area contributed by atoms with E-state index < -0.39 is 0 Å². The summed E-state index contributed by atoms with van der Waals surface area (Å²) in [5.41, 5.74) is 5.96. The predicted octanol–water partition coefficient (Wildman–Crippen LogP) is 7.02. The van der Waals surface area contributed by atoms with Gasteiger partial charge in [-0.3, -0.25) is 4.90 Å². The van der Waals surface area contributed by atoms with Crippen molar-refractivity contribution in [2.45, 2.75) is 39.0 Å². The van der Waals surface area contributed by atoms with Gasteiger partial charge in [0.2, 0.25) is 0 Å². The second-order valence-corrected chi connectivity index (χ2v) is 8.75. The molecule has 0 atom stereocenters. The van der Waals surface area contributed by atoms with Crippen molar-refractivity contribution >= 4 is 11.1 Å². The lowest BCUT2D eigenvalue weighted by molar-refractivity contribution is 0.214. The molecule has 1 saturated heterocycles. The van der Waals surface area contributed by atoms with Crippen molar-refractivity contribution in [1.29, 1.82) is 0 Å². The van der Waals surface area contributed by atoms with Gasteiger partial charge in [0.1, 0.15) is 18.1 Å². The lowest BCUT2D eigenvalue weighted by atomic mass is 9.88. The van der Waals surface area contributed by atoms with Crippen LogP contribution < -0.4 is 4.74 Å². The van der Waals surface area contributed by atoms with Gasteiger partial charge in [-0.2, -0.15) is 0 Å². The standard InChI is InChI=1S/C30H35NO2/c1-2-29(24-10-6-5-7-11-24)30(25-12-16-27(32)17-13-25)26-14-18-28(19-15-26)33-23-22-31-20-8-3-4-9-21-31/h5-7,10-19,32H,2-4,8-9,20-23H2,1H3/b30-29+. The number of benzene rings is 3. The minimum absolute atomic E-state index is 0.281. The minimum Gasteiger partial charge on any atom is -0.508 e. The van der Waals surface area contributed by atoms with E-state index in [-0.39, 0.29) is 5.75 Å². The molecule has 0 aliphatic carbocycles. The summed E-state index contributed by atoms with van der Waals surface area (Å²) in [6, 6.07) is 26.5. The second kappa shape index (κ2) is 11.7. The zero-order valence-corrected chi connectivity index (χ0v) is 19.7. The highest BCUT2D eigenvalue weighted by Crippen LogP contribution is 2.35. The average Bonchev–Trinajstić information content (AvgIpc) is 3.13. The fourth-order valence-electron chi connectivity index (χ4n) is 4.68. The summed E-state index contributed by atoms with van der Waals surface area (Å²) in [6.45, 7) is 6.31. The van der Waals surface area contributed by atoms with E-state index in [0.717, 1.165) is 36.4 Å². The molecule has 1 aliphatic heterocycles. The van der Waals surface area contributed by atoms with Crippen molar-refractivity contribution in [3.63, 3.8) is 0 Å². The molecule has 0 radical (unpaired) electrons. The number of hydrogen-bond donors (Lipinski definition) is 1. The Labute approximate surface area is 198 Å². The number of likely N-dealkylation sites (tertiary alicyclic amines) is 1. The van der Waals surface area contributed by atoms with Crippen LogP contribution in [0.2, 0.25) is 0 Å². The number of aromatic hydroxyl groups is 1. The number of ether oxygens (including phenoxy) is 1. The first-order valence-corrected chi connectivity index (χ1v) is 12.3. The smallest absolute Gasteiger partial charge is 0.119 e. The Bertz CT molecular complexity index is 1020. The number of nitrogens with zero attached hydrogens (tertiary/aromatic N) is 1. The van der Waals surface area contributed by atoms with E-state index in [0.29, 0.717) is 0 Å². The van der Waals surface area contributed by atoms with Crippen molar-refractivity contribution in [3.05, 3.63) is 95.6 Å². The predicted molar refractivity (Wildman–Crippen MR) is 138 cm³/mol. The van der Waals surface area contributed by atoms with Crippen LogP contribution in [0.15, 0.2) is 78.9 Å². The van der Waals surface area contributed by atoms with E-state index in [1.165, 1.54) is 55.5 Å². The third-order valence-electron chi connectivity index (χ3n) is 6.45. The van der Waals surface area contributed by atoms with Crippen molar-refractivity contribution in [2.75, 3.05) is 26.2 Å². The summed E-state index contributed by atoms with van der Waals surface area (Å²) in [7, 11) is 0. The van der Waals surface area contributed by atoms with Crippen LogP contribution in [0, 0.1) is 0 Å². The van der Waals surface area contributed by atoms with Gasteiger partial charge in [0.25, 0.3) is 0 Å². The van der Waals surface area contributed by atoms with Crippen LogP contribution >= 0.6 is 0 Å². The third-order valence-corrected chi connectivity index (χ3v) is 6.45. The second-order valence-electron chi connectivity index (χ2n) is 8.75. The maximum absolute atomic E-state index is 9.81. The summed E-state index contributed by atoms with van der Waals surface area (Å²) in [5, 5.41) is 9.81. The molecular weight excluding hydrogens is 406 g/mol. The molecule has 3 heteroatoms. The van der Waals surface area contributed by atoms with Crippen molar-refractivity contribution in [3.8, 4) is 11.5 Å².